The molecule has 2 aliphatic carbocycles. The van der Waals surface area contributed by atoms with E-state index < -0.39 is 0 Å². The number of rotatable bonds is 2. The van der Waals surface area contributed by atoms with Crippen molar-refractivity contribution in [2.45, 2.75) is 57.7 Å². The molecule has 0 amide bonds. The third-order valence-corrected chi connectivity index (χ3v) is 5.53. The van der Waals surface area contributed by atoms with Gasteiger partial charge in [0, 0.05) is 42.0 Å². The van der Waals surface area contributed by atoms with Crippen molar-refractivity contribution in [3.8, 4) is 0 Å². The van der Waals surface area contributed by atoms with Gasteiger partial charge in [0.25, 0.3) is 0 Å². The summed E-state index contributed by atoms with van der Waals surface area (Å²) in [5, 5.41) is 3.92. The van der Waals surface area contributed by atoms with Crippen LogP contribution in [0.1, 0.15) is 50.5 Å². The maximum atomic E-state index is 5.88. The van der Waals surface area contributed by atoms with Gasteiger partial charge in [0.2, 0.25) is 0 Å². The lowest BCUT2D eigenvalue weighted by atomic mass is 9.57. The molecule has 0 bridgehead atoms. The van der Waals surface area contributed by atoms with Crippen LogP contribution in [0.2, 0.25) is 0 Å². The molecule has 19 heavy (non-hydrogen) atoms. The van der Waals surface area contributed by atoms with Gasteiger partial charge in [0.05, 0.1) is 12.4 Å². The molecule has 1 aromatic rings. The lowest BCUT2D eigenvalue weighted by Gasteiger charge is -2.56. The van der Waals surface area contributed by atoms with E-state index in [1.54, 1.807) is 0 Å². The Morgan fingerprint density at radius 1 is 1.32 bits per heavy atom. The van der Waals surface area contributed by atoms with Crippen LogP contribution in [0, 0.1) is 11.3 Å². The van der Waals surface area contributed by atoms with Gasteiger partial charge >= 0.3 is 0 Å². The van der Waals surface area contributed by atoms with Gasteiger partial charge in [0.1, 0.15) is 5.76 Å². The van der Waals surface area contributed by atoms with Crippen LogP contribution in [0.5, 0.6) is 0 Å². The summed E-state index contributed by atoms with van der Waals surface area (Å²) in [6, 6.07) is 3.22. The number of aryl methyl sites for hydroxylation is 1. The van der Waals surface area contributed by atoms with Crippen LogP contribution in [0.25, 0.3) is 0 Å². The van der Waals surface area contributed by atoms with Gasteiger partial charge in [-0.2, -0.15) is 0 Å². The average molecular weight is 261 g/mol. The Kier molecular flexibility index (Phi) is 2.58. The number of hydrogen-bond donors (Lipinski definition) is 1. The SMILES string of the molecule is CC1(C)C(NC2CCCc3occc32)C2CCOC21. The highest BCUT2D eigenvalue weighted by Gasteiger charge is 2.59. The van der Waals surface area contributed by atoms with Gasteiger partial charge in [-0.05, 0) is 25.3 Å². The standard InChI is InChI=1S/C16H23NO2/c1-16(2)14(11-7-9-19-15(11)16)17-12-4-3-5-13-10(12)6-8-18-13/h6,8,11-12,14-15,17H,3-5,7,9H2,1-2H3. The highest BCUT2D eigenvalue weighted by atomic mass is 16.5. The molecular weight excluding hydrogens is 238 g/mol. The molecule has 2 heterocycles. The van der Waals surface area contributed by atoms with Crippen molar-refractivity contribution in [3.63, 3.8) is 0 Å². The number of fused-ring (bicyclic) bond motifs is 2. The van der Waals surface area contributed by atoms with Crippen LogP contribution >= 0.6 is 0 Å². The average Bonchev–Trinajstić information content (AvgIpc) is 3.03. The molecule has 4 rings (SSSR count). The Balaban J connectivity index is 1.54. The topological polar surface area (TPSA) is 34.4 Å². The first-order valence-electron chi connectivity index (χ1n) is 7.62. The van der Waals surface area contributed by atoms with E-state index in [1.807, 2.05) is 6.26 Å². The molecule has 1 aliphatic heterocycles. The van der Waals surface area contributed by atoms with Gasteiger partial charge in [-0.25, -0.2) is 0 Å². The zero-order valence-electron chi connectivity index (χ0n) is 11.8. The molecule has 2 fully saturated rings. The van der Waals surface area contributed by atoms with E-state index in [4.69, 9.17) is 9.15 Å². The Morgan fingerprint density at radius 2 is 2.21 bits per heavy atom. The summed E-state index contributed by atoms with van der Waals surface area (Å²) in [4.78, 5) is 0. The normalized spacial score (nSPS) is 39.5. The van der Waals surface area contributed by atoms with Crippen LogP contribution in [0.3, 0.4) is 0 Å². The van der Waals surface area contributed by atoms with E-state index in [9.17, 15) is 0 Å². The summed E-state index contributed by atoms with van der Waals surface area (Å²) in [5.41, 5.74) is 1.66. The monoisotopic (exact) mass is 261 g/mol. The van der Waals surface area contributed by atoms with E-state index in [-0.39, 0.29) is 5.41 Å². The molecule has 3 nitrogen and oxygen atoms in total. The number of ether oxygens (including phenoxy) is 1. The maximum Gasteiger partial charge on any atom is 0.108 e. The molecular formula is C16H23NO2. The summed E-state index contributed by atoms with van der Waals surface area (Å²) in [5.74, 6) is 1.91. The van der Waals surface area contributed by atoms with Gasteiger partial charge in [-0.1, -0.05) is 13.8 Å². The Bertz CT molecular complexity index is 479. The maximum absolute atomic E-state index is 5.88. The van der Waals surface area contributed by atoms with Crippen LogP contribution in [-0.4, -0.2) is 18.8 Å². The summed E-state index contributed by atoms with van der Waals surface area (Å²) < 4.78 is 11.5. The van der Waals surface area contributed by atoms with Crippen molar-refractivity contribution in [2.75, 3.05) is 6.61 Å². The van der Waals surface area contributed by atoms with Crippen molar-refractivity contribution >= 4 is 0 Å². The zero-order chi connectivity index (χ0) is 13.0. The second kappa shape index (κ2) is 4.10. The Hall–Kier alpha value is -0.800. The molecule has 104 valence electrons. The fourth-order valence-corrected chi connectivity index (χ4v) is 4.54. The van der Waals surface area contributed by atoms with Gasteiger partial charge in [0.15, 0.2) is 0 Å². The van der Waals surface area contributed by atoms with Crippen molar-refractivity contribution in [2.24, 2.45) is 11.3 Å². The summed E-state index contributed by atoms with van der Waals surface area (Å²) in [6.45, 7) is 5.63. The minimum atomic E-state index is 0.266. The van der Waals surface area contributed by atoms with E-state index in [1.165, 1.54) is 30.6 Å². The number of furan rings is 1. The largest absolute Gasteiger partial charge is 0.469 e. The molecule has 1 N–H and O–H groups in total. The third-order valence-electron chi connectivity index (χ3n) is 5.53. The molecule has 0 spiro atoms. The number of nitrogens with one attached hydrogen (secondary N) is 1. The van der Waals surface area contributed by atoms with Gasteiger partial charge in [-0.3, -0.25) is 0 Å². The quantitative estimate of drug-likeness (QED) is 0.888. The van der Waals surface area contributed by atoms with E-state index in [2.05, 4.69) is 25.2 Å². The van der Waals surface area contributed by atoms with Crippen molar-refractivity contribution in [3.05, 3.63) is 23.7 Å². The molecule has 0 radical (unpaired) electrons. The van der Waals surface area contributed by atoms with E-state index in [0.29, 0.717) is 24.1 Å². The molecule has 3 aliphatic rings. The zero-order valence-corrected chi connectivity index (χ0v) is 11.8. The summed E-state index contributed by atoms with van der Waals surface area (Å²) >= 11 is 0. The Morgan fingerprint density at radius 3 is 3.11 bits per heavy atom. The van der Waals surface area contributed by atoms with Crippen LogP contribution in [-0.2, 0) is 11.2 Å². The fraction of sp³-hybridized carbons (Fsp3) is 0.750. The molecule has 1 saturated carbocycles. The predicted molar refractivity (Wildman–Crippen MR) is 72.9 cm³/mol. The van der Waals surface area contributed by atoms with Crippen molar-refractivity contribution in [1.29, 1.82) is 0 Å². The Labute approximate surface area is 114 Å². The lowest BCUT2D eigenvalue weighted by Crippen LogP contribution is -2.66. The van der Waals surface area contributed by atoms with Crippen LogP contribution in [0.15, 0.2) is 16.7 Å². The lowest BCUT2D eigenvalue weighted by molar-refractivity contribution is -0.116. The number of hydrogen-bond acceptors (Lipinski definition) is 3. The van der Waals surface area contributed by atoms with Crippen molar-refractivity contribution in [1.82, 2.24) is 5.32 Å². The minimum absolute atomic E-state index is 0.266. The van der Waals surface area contributed by atoms with E-state index >= 15 is 0 Å². The van der Waals surface area contributed by atoms with Gasteiger partial charge in [-0.15, -0.1) is 0 Å². The third kappa shape index (κ3) is 1.64. The van der Waals surface area contributed by atoms with E-state index in [0.717, 1.165) is 13.0 Å². The molecule has 4 atom stereocenters. The first kappa shape index (κ1) is 12.0. The van der Waals surface area contributed by atoms with Gasteiger partial charge < -0.3 is 14.5 Å². The fourth-order valence-electron chi connectivity index (χ4n) is 4.54. The van der Waals surface area contributed by atoms with Crippen molar-refractivity contribution < 1.29 is 9.15 Å². The summed E-state index contributed by atoms with van der Waals surface area (Å²) in [6.07, 6.45) is 7.10. The molecule has 0 aromatic carbocycles. The first-order chi connectivity index (χ1) is 9.18. The van der Waals surface area contributed by atoms with Crippen LogP contribution < -0.4 is 5.32 Å². The highest BCUT2D eigenvalue weighted by Crippen LogP contribution is 2.53. The second-order valence-corrected chi connectivity index (χ2v) is 6.95. The molecule has 1 saturated heterocycles. The molecule has 3 heteroatoms. The molecule has 4 unspecified atom stereocenters. The predicted octanol–water partition coefficient (Wildman–Crippen LogP) is 3.06. The molecule has 1 aromatic heterocycles. The highest BCUT2D eigenvalue weighted by molar-refractivity contribution is 5.25. The first-order valence-corrected chi connectivity index (χ1v) is 7.62. The minimum Gasteiger partial charge on any atom is -0.469 e. The van der Waals surface area contributed by atoms with Crippen LogP contribution in [0.4, 0.5) is 0 Å². The summed E-state index contributed by atoms with van der Waals surface area (Å²) in [7, 11) is 0. The smallest absolute Gasteiger partial charge is 0.108 e. The second-order valence-electron chi connectivity index (χ2n) is 6.95.